The summed E-state index contributed by atoms with van der Waals surface area (Å²) in [5, 5.41) is 5.07. The van der Waals surface area contributed by atoms with Crippen molar-refractivity contribution >= 4 is 29.1 Å². The standard InChI is InChI=1S/C17H13Cl2N3O2/c1-22(17(23)12-3-2-4-14(19)9-12)10-15-20-16(21-24-15)11-5-7-13(18)8-6-11/h2-9H,10H2,1H3. The van der Waals surface area contributed by atoms with Crippen LogP contribution in [0.25, 0.3) is 11.4 Å². The summed E-state index contributed by atoms with van der Waals surface area (Å²) in [6, 6.07) is 13.9. The molecule has 3 aromatic rings. The minimum Gasteiger partial charge on any atom is -0.337 e. The van der Waals surface area contributed by atoms with E-state index >= 15 is 0 Å². The van der Waals surface area contributed by atoms with Gasteiger partial charge in [0.15, 0.2) is 0 Å². The number of halogens is 2. The van der Waals surface area contributed by atoms with E-state index in [9.17, 15) is 4.79 Å². The summed E-state index contributed by atoms with van der Waals surface area (Å²) in [6.07, 6.45) is 0. The molecule has 0 saturated heterocycles. The third kappa shape index (κ3) is 3.75. The van der Waals surface area contributed by atoms with Crippen LogP contribution in [0.5, 0.6) is 0 Å². The molecule has 0 fully saturated rings. The Labute approximate surface area is 148 Å². The van der Waals surface area contributed by atoms with E-state index in [1.54, 1.807) is 55.6 Å². The molecule has 0 aliphatic carbocycles. The summed E-state index contributed by atoms with van der Waals surface area (Å²) >= 11 is 11.8. The highest BCUT2D eigenvalue weighted by molar-refractivity contribution is 6.31. The van der Waals surface area contributed by atoms with Crippen molar-refractivity contribution in [3.8, 4) is 11.4 Å². The van der Waals surface area contributed by atoms with Crippen LogP contribution in [0.3, 0.4) is 0 Å². The van der Waals surface area contributed by atoms with Gasteiger partial charge in [0.1, 0.15) is 0 Å². The Balaban J connectivity index is 1.72. The van der Waals surface area contributed by atoms with Gasteiger partial charge in [-0.05, 0) is 42.5 Å². The van der Waals surface area contributed by atoms with E-state index in [2.05, 4.69) is 10.1 Å². The number of nitrogens with zero attached hydrogens (tertiary/aromatic N) is 3. The molecular weight excluding hydrogens is 349 g/mol. The molecule has 0 aliphatic rings. The zero-order valence-corrected chi connectivity index (χ0v) is 14.3. The van der Waals surface area contributed by atoms with Crippen molar-refractivity contribution in [2.45, 2.75) is 6.54 Å². The first-order valence-corrected chi connectivity index (χ1v) is 7.88. The Morgan fingerprint density at radius 3 is 2.58 bits per heavy atom. The van der Waals surface area contributed by atoms with Crippen molar-refractivity contribution in [1.29, 1.82) is 0 Å². The van der Waals surface area contributed by atoms with E-state index in [-0.39, 0.29) is 12.5 Å². The normalized spacial score (nSPS) is 10.6. The highest BCUT2D eigenvalue weighted by Gasteiger charge is 2.16. The fourth-order valence-corrected chi connectivity index (χ4v) is 2.47. The van der Waals surface area contributed by atoms with Crippen LogP contribution in [0.2, 0.25) is 10.0 Å². The van der Waals surface area contributed by atoms with Crippen molar-refractivity contribution in [3.63, 3.8) is 0 Å². The molecule has 0 radical (unpaired) electrons. The zero-order chi connectivity index (χ0) is 17.1. The van der Waals surface area contributed by atoms with Crippen LogP contribution in [-0.2, 0) is 6.54 Å². The van der Waals surface area contributed by atoms with Crippen molar-refractivity contribution in [2.24, 2.45) is 0 Å². The molecule has 7 heteroatoms. The number of hydrogen-bond donors (Lipinski definition) is 0. The molecule has 1 heterocycles. The van der Waals surface area contributed by atoms with Gasteiger partial charge in [0.2, 0.25) is 11.7 Å². The van der Waals surface area contributed by atoms with Gasteiger partial charge >= 0.3 is 0 Å². The maximum absolute atomic E-state index is 12.4. The second-order valence-corrected chi connectivity index (χ2v) is 6.06. The third-order valence-corrected chi connectivity index (χ3v) is 3.85. The Bertz CT molecular complexity index is 862. The van der Waals surface area contributed by atoms with Crippen LogP contribution in [-0.4, -0.2) is 28.0 Å². The van der Waals surface area contributed by atoms with Gasteiger partial charge in [-0.3, -0.25) is 4.79 Å². The molecule has 5 nitrogen and oxygen atoms in total. The first-order valence-electron chi connectivity index (χ1n) is 7.12. The lowest BCUT2D eigenvalue weighted by molar-refractivity contribution is 0.0769. The van der Waals surface area contributed by atoms with Gasteiger partial charge in [0.05, 0.1) is 6.54 Å². The summed E-state index contributed by atoms with van der Waals surface area (Å²) in [5.74, 6) is 0.617. The van der Waals surface area contributed by atoms with Crippen molar-refractivity contribution in [2.75, 3.05) is 7.05 Å². The average molecular weight is 362 g/mol. The number of hydrogen-bond acceptors (Lipinski definition) is 4. The lowest BCUT2D eigenvalue weighted by Gasteiger charge is -2.14. The maximum Gasteiger partial charge on any atom is 0.254 e. The van der Waals surface area contributed by atoms with E-state index < -0.39 is 0 Å². The van der Waals surface area contributed by atoms with Crippen LogP contribution in [0, 0.1) is 0 Å². The fraction of sp³-hybridized carbons (Fsp3) is 0.118. The van der Waals surface area contributed by atoms with Crippen LogP contribution in [0.15, 0.2) is 53.1 Å². The predicted octanol–water partition coefficient (Wildman–Crippen LogP) is 4.32. The van der Waals surface area contributed by atoms with Crippen LogP contribution in [0.4, 0.5) is 0 Å². The number of carbonyl (C=O) groups is 1. The van der Waals surface area contributed by atoms with Gasteiger partial charge in [-0.1, -0.05) is 34.4 Å². The molecule has 3 rings (SSSR count). The molecular formula is C17H13Cl2N3O2. The van der Waals surface area contributed by atoms with Gasteiger partial charge in [0, 0.05) is 28.2 Å². The smallest absolute Gasteiger partial charge is 0.254 e. The van der Waals surface area contributed by atoms with E-state index in [1.807, 2.05) is 0 Å². The third-order valence-electron chi connectivity index (χ3n) is 3.36. The predicted molar refractivity (Wildman–Crippen MR) is 92.0 cm³/mol. The van der Waals surface area contributed by atoms with Gasteiger partial charge in [0.25, 0.3) is 5.91 Å². The lowest BCUT2D eigenvalue weighted by atomic mass is 10.2. The highest BCUT2D eigenvalue weighted by Crippen LogP contribution is 2.19. The maximum atomic E-state index is 12.4. The fourth-order valence-electron chi connectivity index (χ4n) is 2.15. The SMILES string of the molecule is CN(Cc1nc(-c2ccc(Cl)cc2)no1)C(=O)c1cccc(Cl)c1. The Kier molecular flexibility index (Phi) is 4.83. The first kappa shape index (κ1) is 16.5. The molecule has 0 saturated carbocycles. The molecule has 0 N–H and O–H groups in total. The molecule has 0 spiro atoms. The second kappa shape index (κ2) is 7.03. The zero-order valence-electron chi connectivity index (χ0n) is 12.7. The van der Waals surface area contributed by atoms with Gasteiger partial charge in [-0.25, -0.2) is 0 Å². The number of rotatable bonds is 4. The van der Waals surface area contributed by atoms with Gasteiger partial charge < -0.3 is 9.42 Å². The Morgan fingerprint density at radius 2 is 1.88 bits per heavy atom. The van der Waals surface area contributed by atoms with Gasteiger partial charge in [-0.15, -0.1) is 0 Å². The summed E-state index contributed by atoms with van der Waals surface area (Å²) in [4.78, 5) is 18.2. The lowest BCUT2D eigenvalue weighted by Crippen LogP contribution is -2.26. The quantitative estimate of drug-likeness (QED) is 0.694. The molecule has 0 unspecified atom stereocenters. The van der Waals surface area contributed by atoms with E-state index in [1.165, 1.54) is 4.90 Å². The molecule has 0 atom stereocenters. The Hall–Kier alpha value is -2.37. The molecule has 1 amide bonds. The van der Waals surface area contributed by atoms with Crippen molar-refractivity contribution in [3.05, 3.63) is 70.0 Å². The highest BCUT2D eigenvalue weighted by atomic mass is 35.5. The second-order valence-electron chi connectivity index (χ2n) is 5.19. The van der Waals surface area contributed by atoms with E-state index in [4.69, 9.17) is 27.7 Å². The van der Waals surface area contributed by atoms with E-state index in [0.717, 1.165) is 5.56 Å². The summed E-state index contributed by atoms with van der Waals surface area (Å²) in [5.41, 5.74) is 1.29. The number of aromatic nitrogens is 2. The largest absolute Gasteiger partial charge is 0.337 e. The molecule has 0 aliphatic heterocycles. The molecule has 24 heavy (non-hydrogen) atoms. The topological polar surface area (TPSA) is 59.2 Å². The van der Waals surface area contributed by atoms with Crippen LogP contribution < -0.4 is 0 Å². The molecule has 0 bridgehead atoms. The van der Waals surface area contributed by atoms with Crippen LogP contribution in [0.1, 0.15) is 16.2 Å². The summed E-state index contributed by atoms with van der Waals surface area (Å²) in [7, 11) is 1.66. The molecule has 122 valence electrons. The summed E-state index contributed by atoms with van der Waals surface area (Å²) in [6.45, 7) is 0.200. The first-order chi connectivity index (χ1) is 11.5. The van der Waals surface area contributed by atoms with Gasteiger partial charge in [-0.2, -0.15) is 4.98 Å². The number of amides is 1. The minimum atomic E-state index is -0.177. The number of benzene rings is 2. The molecule has 2 aromatic carbocycles. The Morgan fingerprint density at radius 1 is 1.12 bits per heavy atom. The molecule has 1 aromatic heterocycles. The number of carbonyl (C=O) groups excluding carboxylic acids is 1. The monoisotopic (exact) mass is 361 g/mol. The average Bonchev–Trinajstić information content (AvgIpc) is 3.03. The minimum absolute atomic E-state index is 0.177. The van der Waals surface area contributed by atoms with Crippen molar-refractivity contribution in [1.82, 2.24) is 15.0 Å². The van der Waals surface area contributed by atoms with E-state index in [0.29, 0.717) is 27.3 Å². The summed E-state index contributed by atoms with van der Waals surface area (Å²) < 4.78 is 5.22. The van der Waals surface area contributed by atoms with Crippen LogP contribution >= 0.6 is 23.2 Å². The van der Waals surface area contributed by atoms with Crippen molar-refractivity contribution < 1.29 is 9.32 Å².